The smallest absolute Gasteiger partial charge is 0.321 e. The first kappa shape index (κ1) is 20.2. The molecule has 0 radical (unpaired) electrons. The Balaban J connectivity index is 1.32. The predicted octanol–water partition coefficient (Wildman–Crippen LogP) is 5.20. The highest BCUT2D eigenvalue weighted by Gasteiger charge is 2.27. The topological polar surface area (TPSA) is 80.5 Å². The molecule has 2 aromatic carbocycles. The summed E-state index contributed by atoms with van der Waals surface area (Å²) in [6.45, 7) is 3.80. The van der Waals surface area contributed by atoms with Crippen LogP contribution in [0.2, 0.25) is 5.02 Å². The SMILES string of the molecule is CCOc1ccc(NC(=O)N2CCC(c3nc(-c4cccc(Cl)c4)no3)CC2)cc1. The van der Waals surface area contributed by atoms with Gasteiger partial charge in [0.05, 0.1) is 6.61 Å². The number of hydrogen-bond donors (Lipinski definition) is 1. The van der Waals surface area contributed by atoms with Gasteiger partial charge in [0.2, 0.25) is 11.7 Å². The van der Waals surface area contributed by atoms with Gasteiger partial charge in [0.1, 0.15) is 5.75 Å². The molecule has 7 nitrogen and oxygen atoms in total. The summed E-state index contributed by atoms with van der Waals surface area (Å²) in [6, 6.07) is 14.6. The second-order valence-electron chi connectivity index (χ2n) is 7.12. The van der Waals surface area contributed by atoms with Crippen molar-refractivity contribution in [2.45, 2.75) is 25.7 Å². The first-order chi connectivity index (χ1) is 14.6. The van der Waals surface area contributed by atoms with Crippen LogP contribution in [0.4, 0.5) is 10.5 Å². The van der Waals surface area contributed by atoms with E-state index in [2.05, 4.69) is 15.5 Å². The third kappa shape index (κ3) is 4.74. The van der Waals surface area contributed by atoms with Gasteiger partial charge in [0, 0.05) is 35.3 Å². The minimum Gasteiger partial charge on any atom is -0.494 e. The number of nitrogens with one attached hydrogen (secondary N) is 1. The second-order valence-corrected chi connectivity index (χ2v) is 7.55. The number of nitrogens with zero attached hydrogens (tertiary/aromatic N) is 3. The van der Waals surface area contributed by atoms with E-state index >= 15 is 0 Å². The molecule has 8 heteroatoms. The van der Waals surface area contributed by atoms with Gasteiger partial charge in [0.25, 0.3) is 0 Å². The number of ether oxygens (including phenoxy) is 1. The monoisotopic (exact) mass is 426 g/mol. The van der Waals surface area contributed by atoms with E-state index in [1.807, 2.05) is 49.4 Å². The molecule has 1 aliphatic heterocycles. The Morgan fingerprint density at radius 1 is 1.23 bits per heavy atom. The van der Waals surface area contributed by atoms with Gasteiger partial charge in [-0.15, -0.1) is 0 Å². The summed E-state index contributed by atoms with van der Waals surface area (Å²) in [6.07, 6.45) is 1.54. The fraction of sp³-hybridized carbons (Fsp3) is 0.318. The van der Waals surface area contributed by atoms with E-state index in [0.29, 0.717) is 36.4 Å². The van der Waals surface area contributed by atoms with Crippen molar-refractivity contribution in [1.82, 2.24) is 15.0 Å². The van der Waals surface area contributed by atoms with E-state index in [-0.39, 0.29) is 11.9 Å². The van der Waals surface area contributed by atoms with Crippen LogP contribution >= 0.6 is 11.6 Å². The molecule has 1 aliphatic rings. The van der Waals surface area contributed by atoms with Crippen molar-refractivity contribution in [3.05, 3.63) is 59.4 Å². The average molecular weight is 427 g/mol. The van der Waals surface area contributed by atoms with Crippen LogP contribution in [0.1, 0.15) is 31.6 Å². The molecular weight excluding hydrogens is 404 g/mol. The first-order valence-corrected chi connectivity index (χ1v) is 10.4. The largest absolute Gasteiger partial charge is 0.494 e. The standard InChI is InChI=1S/C22H23ClN4O3/c1-2-29-19-8-6-18(7-9-19)24-22(28)27-12-10-15(11-13-27)21-25-20(26-30-21)16-4-3-5-17(23)14-16/h3-9,14-15H,2,10-13H2,1H3,(H,24,28). The lowest BCUT2D eigenvalue weighted by Gasteiger charge is -2.30. The number of benzene rings is 2. The van der Waals surface area contributed by atoms with Crippen LogP contribution in [0.5, 0.6) is 5.75 Å². The molecule has 30 heavy (non-hydrogen) atoms. The maximum atomic E-state index is 12.6. The minimum absolute atomic E-state index is 0.109. The summed E-state index contributed by atoms with van der Waals surface area (Å²) >= 11 is 6.04. The lowest BCUT2D eigenvalue weighted by Crippen LogP contribution is -2.40. The van der Waals surface area contributed by atoms with Crippen molar-refractivity contribution in [3.8, 4) is 17.1 Å². The van der Waals surface area contributed by atoms with Gasteiger partial charge >= 0.3 is 6.03 Å². The van der Waals surface area contributed by atoms with E-state index < -0.39 is 0 Å². The third-order valence-electron chi connectivity index (χ3n) is 5.07. The number of anilines is 1. The molecule has 0 saturated carbocycles. The van der Waals surface area contributed by atoms with Crippen LogP contribution in [0.15, 0.2) is 53.1 Å². The summed E-state index contributed by atoms with van der Waals surface area (Å²) in [7, 11) is 0. The van der Waals surface area contributed by atoms with Crippen LogP contribution in [0.25, 0.3) is 11.4 Å². The molecule has 0 atom stereocenters. The molecule has 1 fully saturated rings. The number of carbonyl (C=O) groups is 1. The number of likely N-dealkylation sites (tertiary alicyclic amines) is 1. The quantitative estimate of drug-likeness (QED) is 0.606. The Morgan fingerprint density at radius 3 is 2.70 bits per heavy atom. The second kappa shape index (κ2) is 9.17. The highest BCUT2D eigenvalue weighted by Crippen LogP contribution is 2.29. The number of urea groups is 1. The maximum absolute atomic E-state index is 12.6. The fourth-order valence-electron chi connectivity index (χ4n) is 3.48. The Morgan fingerprint density at radius 2 is 2.00 bits per heavy atom. The van der Waals surface area contributed by atoms with Gasteiger partial charge in [-0.3, -0.25) is 0 Å². The lowest BCUT2D eigenvalue weighted by molar-refractivity contribution is 0.187. The van der Waals surface area contributed by atoms with Gasteiger partial charge in [0.15, 0.2) is 0 Å². The summed E-state index contributed by atoms with van der Waals surface area (Å²) < 4.78 is 10.9. The third-order valence-corrected chi connectivity index (χ3v) is 5.31. The number of piperidine rings is 1. The fourth-order valence-corrected chi connectivity index (χ4v) is 3.67. The molecule has 0 bridgehead atoms. The zero-order valence-electron chi connectivity index (χ0n) is 16.7. The highest BCUT2D eigenvalue weighted by atomic mass is 35.5. The summed E-state index contributed by atoms with van der Waals surface area (Å²) in [4.78, 5) is 18.9. The normalized spacial score (nSPS) is 14.5. The molecule has 3 aromatic rings. The van der Waals surface area contributed by atoms with Crippen molar-refractivity contribution in [2.75, 3.05) is 25.0 Å². The lowest BCUT2D eigenvalue weighted by atomic mass is 9.97. The van der Waals surface area contributed by atoms with Crippen molar-refractivity contribution in [2.24, 2.45) is 0 Å². The van der Waals surface area contributed by atoms with Crippen molar-refractivity contribution < 1.29 is 14.1 Å². The van der Waals surface area contributed by atoms with Crippen molar-refractivity contribution in [3.63, 3.8) is 0 Å². The van der Waals surface area contributed by atoms with E-state index in [1.165, 1.54) is 0 Å². The summed E-state index contributed by atoms with van der Waals surface area (Å²) in [5.41, 5.74) is 1.57. The minimum atomic E-state index is -0.109. The van der Waals surface area contributed by atoms with Crippen LogP contribution in [-0.4, -0.2) is 40.8 Å². The molecule has 156 valence electrons. The Labute approximate surface area is 180 Å². The Bertz CT molecular complexity index is 998. The number of carbonyl (C=O) groups excluding carboxylic acids is 1. The molecule has 2 amide bonds. The van der Waals surface area contributed by atoms with Crippen molar-refractivity contribution in [1.29, 1.82) is 0 Å². The number of amides is 2. The van der Waals surface area contributed by atoms with Crippen molar-refractivity contribution >= 4 is 23.3 Å². The molecule has 4 rings (SSSR count). The van der Waals surface area contributed by atoms with Crippen LogP contribution < -0.4 is 10.1 Å². The number of halogens is 1. The van der Waals surface area contributed by atoms with Crippen LogP contribution in [0, 0.1) is 0 Å². The van der Waals surface area contributed by atoms with Gasteiger partial charge in [-0.25, -0.2) is 4.79 Å². The number of aromatic nitrogens is 2. The number of rotatable bonds is 5. The predicted molar refractivity (Wildman–Crippen MR) is 115 cm³/mol. The zero-order valence-corrected chi connectivity index (χ0v) is 17.4. The van der Waals surface area contributed by atoms with Gasteiger partial charge in [-0.2, -0.15) is 4.98 Å². The van der Waals surface area contributed by atoms with E-state index in [1.54, 1.807) is 11.0 Å². The summed E-state index contributed by atoms with van der Waals surface area (Å²) in [5.74, 6) is 2.06. The number of hydrogen-bond acceptors (Lipinski definition) is 5. The van der Waals surface area contributed by atoms with Gasteiger partial charge in [-0.1, -0.05) is 28.9 Å². The summed E-state index contributed by atoms with van der Waals surface area (Å²) in [5, 5.41) is 7.65. The van der Waals surface area contributed by atoms with Crippen LogP contribution in [-0.2, 0) is 0 Å². The zero-order chi connectivity index (χ0) is 20.9. The average Bonchev–Trinajstić information content (AvgIpc) is 3.26. The molecule has 0 unspecified atom stereocenters. The van der Waals surface area contributed by atoms with E-state index in [9.17, 15) is 4.79 Å². The van der Waals surface area contributed by atoms with E-state index in [0.717, 1.165) is 29.8 Å². The van der Waals surface area contributed by atoms with E-state index in [4.69, 9.17) is 20.9 Å². The molecule has 0 spiro atoms. The van der Waals surface area contributed by atoms with Gasteiger partial charge in [-0.05, 0) is 56.2 Å². The Kier molecular flexibility index (Phi) is 6.18. The maximum Gasteiger partial charge on any atom is 0.321 e. The van der Waals surface area contributed by atoms with Crippen LogP contribution in [0.3, 0.4) is 0 Å². The van der Waals surface area contributed by atoms with Gasteiger partial charge < -0.3 is 19.5 Å². The molecule has 1 N–H and O–H groups in total. The first-order valence-electron chi connectivity index (χ1n) is 10.0. The molecule has 0 aliphatic carbocycles. The Hall–Kier alpha value is -3.06. The molecule has 1 aromatic heterocycles. The molecular formula is C22H23ClN4O3. The molecule has 1 saturated heterocycles. The molecule has 2 heterocycles. The highest BCUT2D eigenvalue weighted by molar-refractivity contribution is 6.30.